The first-order valence-electron chi connectivity index (χ1n) is 3.83. The molecular formula is C5H8N2O5S2. The number of sulfone groups is 1. The van der Waals surface area contributed by atoms with Crippen molar-refractivity contribution >= 4 is 25.9 Å². The number of amides is 2. The second-order valence-electron chi connectivity index (χ2n) is 3.34. The normalized spacial score (nSPS) is 38.1. The summed E-state index contributed by atoms with van der Waals surface area (Å²) in [4.78, 5) is 10.8. The maximum Gasteiger partial charge on any atom is 0.328 e. The summed E-state index contributed by atoms with van der Waals surface area (Å²) in [5, 5.41) is 1.23. The molecule has 2 aliphatic rings. The van der Waals surface area contributed by atoms with Gasteiger partial charge in [-0.1, -0.05) is 0 Å². The van der Waals surface area contributed by atoms with Gasteiger partial charge in [-0.05, 0) is 0 Å². The van der Waals surface area contributed by atoms with E-state index in [0.29, 0.717) is 0 Å². The first-order chi connectivity index (χ1) is 6.30. The fourth-order valence-electron chi connectivity index (χ4n) is 1.66. The van der Waals surface area contributed by atoms with Crippen LogP contribution in [0.2, 0.25) is 0 Å². The third-order valence-corrected chi connectivity index (χ3v) is 5.96. The van der Waals surface area contributed by atoms with E-state index in [-0.39, 0.29) is 5.75 Å². The standard InChI is InChI=1S/C5H8N2O5S2/c8-5-6-3-1-13(9,10)2-4(3)14(11,12)7-5/h3-4H,1-2H2,(H2,6,7,8)/t3-,4-/m0/s1. The molecule has 0 bridgehead atoms. The summed E-state index contributed by atoms with van der Waals surface area (Å²) in [6.07, 6.45) is 0. The Bertz CT molecular complexity index is 478. The van der Waals surface area contributed by atoms with Crippen LogP contribution in [0, 0.1) is 0 Å². The lowest BCUT2D eigenvalue weighted by Gasteiger charge is -2.25. The first-order valence-corrected chi connectivity index (χ1v) is 7.19. The number of hydrogen-bond donors (Lipinski definition) is 2. The van der Waals surface area contributed by atoms with E-state index in [4.69, 9.17) is 0 Å². The van der Waals surface area contributed by atoms with E-state index in [1.54, 1.807) is 4.72 Å². The van der Waals surface area contributed by atoms with Gasteiger partial charge in [0.15, 0.2) is 9.84 Å². The molecule has 0 unspecified atom stereocenters. The molecule has 80 valence electrons. The summed E-state index contributed by atoms with van der Waals surface area (Å²) in [5.74, 6) is -0.725. The lowest BCUT2D eigenvalue weighted by atomic mass is 10.2. The average Bonchev–Trinajstić information content (AvgIpc) is 2.22. The summed E-state index contributed by atoms with van der Waals surface area (Å²) in [6.45, 7) is 0. The minimum Gasteiger partial charge on any atom is -0.332 e. The Kier molecular flexibility index (Phi) is 1.80. The van der Waals surface area contributed by atoms with Crippen molar-refractivity contribution in [1.29, 1.82) is 0 Å². The summed E-state index contributed by atoms with van der Waals surface area (Å²) in [7, 11) is -7.18. The Morgan fingerprint density at radius 2 is 1.79 bits per heavy atom. The topological polar surface area (TPSA) is 109 Å². The number of urea groups is 1. The molecule has 7 nitrogen and oxygen atoms in total. The van der Waals surface area contributed by atoms with Crippen molar-refractivity contribution in [2.45, 2.75) is 11.3 Å². The summed E-state index contributed by atoms with van der Waals surface area (Å²) < 4.78 is 46.7. The van der Waals surface area contributed by atoms with Crippen molar-refractivity contribution in [3.8, 4) is 0 Å². The van der Waals surface area contributed by atoms with E-state index >= 15 is 0 Å². The number of rotatable bonds is 0. The Balaban J connectivity index is 2.43. The summed E-state index contributed by atoms with van der Waals surface area (Å²) >= 11 is 0. The minimum atomic E-state index is -3.82. The number of carbonyl (C=O) groups is 1. The van der Waals surface area contributed by atoms with Crippen LogP contribution < -0.4 is 10.0 Å². The second-order valence-corrected chi connectivity index (χ2v) is 7.40. The van der Waals surface area contributed by atoms with Crippen LogP contribution in [0.1, 0.15) is 0 Å². The van der Waals surface area contributed by atoms with Crippen molar-refractivity contribution < 1.29 is 21.6 Å². The van der Waals surface area contributed by atoms with Crippen molar-refractivity contribution in [2.24, 2.45) is 0 Å². The molecule has 0 aromatic rings. The molecule has 14 heavy (non-hydrogen) atoms. The number of fused-ring (bicyclic) bond motifs is 1. The highest BCUT2D eigenvalue weighted by Gasteiger charge is 2.49. The molecule has 2 amide bonds. The Labute approximate surface area is 80.8 Å². The quantitative estimate of drug-likeness (QED) is 0.499. The fraction of sp³-hybridized carbons (Fsp3) is 0.800. The SMILES string of the molecule is O=C1N[C@H]2CS(=O)(=O)C[C@@H]2S(=O)(=O)N1. The van der Waals surface area contributed by atoms with Crippen LogP contribution in [0.4, 0.5) is 4.79 Å². The smallest absolute Gasteiger partial charge is 0.328 e. The molecule has 2 fully saturated rings. The van der Waals surface area contributed by atoms with Crippen LogP contribution in [0.25, 0.3) is 0 Å². The molecule has 0 aromatic carbocycles. The monoisotopic (exact) mass is 240 g/mol. The van der Waals surface area contributed by atoms with Gasteiger partial charge in [-0.25, -0.2) is 26.4 Å². The number of carbonyl (C=O) groups excluding carboxylic acids is 1. The zero-order valence-electron chi connectivity index (χ0n) is 6.93. The molecule has 0 saturated carbocycles. The van der Waals surface area contributed by atoms with Crippen molar-refractivity contribution in [3.63, 3.8) is 0 Å². The minimum absolute atomic E-state index is 0.301. The van der Waals surface area contributed by atoms with Gasteiger partial charge in [-0.3, -0.25) is 0 Å². The maximum atomic E-state index is 11.3. The van der Waals surface area contributed by atoms with Gasteiger partial charge in [0.05, 0.1) is 17.5 Å². The highest BCUT2D eigenvalue weighted by Crippen LogP contribution is 2.21. The van der Waals surface area contributed by atoms with Gasteiger partial charge in [0.1, 0.15) is 5.25 Å². The fourth-order valence-corrected chi connectivity index (χ4v) is 5.92. The predicted octanol–water partition coefficient (Wildman–Crippen LogP) is -2.21. The van der Waals surface area contributed by atoms with Crippen LogP contribution in [-0.4, -0.2) is 45.7 Å². The molecule has 0 aliphatic carbocycles. The summed E-state index contributed by atoms with van der Waals surface area (Å²) in [5.41, 5.74) is 0. The van der Waals surface area contributed by atoms with Gasteiger partial charge >= 0.3 is 6.03 Å². The largest absolute Gasteiger partial charge is 0.332 e. The van der Waals surface area contributed by atoms with E-state index in [0.717, 1.165) is 0 Å². The lowest BCUT2D eigenvalue weighted by molar-refractivity contribution is 0.241. The molecule has 0 radical (unpaired) electrons. The van der Waals surface area contributed by atoms with Crippen LogP contribution in [-0.2, 0) is 19.9 Å². The zero-order valence-corrected chi connectivity index (χ0v) is 8.56. The number of sulfonamides is 1. The van der Waals surface area contributed by atoms with Gasteiger partial charge < -0.3 is 5.32 Å². The van der Waals surface area contributed by atoms with E-state index < -0.39 is 42.9 Å². The number of nitrogens with one attached hydrogen (secondary N) is 2. The highest BCUT2D eigenvalue weighted by atomic mass is 32.2. The molecule has 0 spiro atoms. The molecule has 2 N–H and O–H groups in total. The van der Waals surface area contributed by atoms with Crippen LogP contribution in [0.3, 0.4) is 0 Å². The molecule has 0 aromatic heterocycles. The highest BCUT2D eigenvalue weighted by molar-refractivity contribution is 7.95. The van der Waals surface area contributed by atoms with Crippen LogP contribution in [0.15, 0.2) is 0 Å². The van der Waals surface area contributed by atoms with E-state index in [1.807, 2.05) is 0 Å². The van der Waals surface area contributed by atoms with Crippen molar-refractivity contribution in [1.82, 2.24) is 10.0 Å². The van der Waals surface area contributed by atoms with Gasteiger partial charge in [-0.15, -0.1) is 0 Å². The van der Waals surface area contributed by atoms with Gasteiger partial charge in [0.2, 0.25) is 10.0 Å². The third kappa shape index (κ3) is 1.46. The molecule has 2 rings (SSSR count). The second kappa shape index (κ2) is 2.60. The van der Waals surface area contributed by atoms with Gasteiger partial charge in [0.25, 0.3) is 0 Å². The molecule has 2 saturated heterocycles. The predicted molar refractivity (Wildman–Crippen MR) is 46.8 cm³/mol. The molecule has 9 heteroatoms. The summed E-state index contributed by atoms with van der Waals surface area (Å²) in [6, 6.07) is -1.66. The molecule has 2 aliphatic heterocycles. The molecule has 2 heterocycles. The van der Waals surface area contributed by atoms with Crippen molar-refractivity contribution in [3.05, 3.63) is 0 Å². The lowest BCUT2D eigenvalue weighted by Crippen LogP contribution is -2.59. The first kappa shape index (κ1) is 9.71. The third-order valence-electron chi connectivity index (χ3n) is 2.25. The number of hydrogen-bond acceptors (Lipinski definition) is 5. The molecule has 2 atom stereocenters. The Morgan fingerprint density at radius 3 is 2.43 bits per heavy atom. The van der Waals surface area contributed by atoms with Gasteiger partial charge in [-0.2, -0.15) is 0 Å². The van der Waals surface area contributed by atoms with Crippen LogP contribution in [0.5, 0.6) is 0 Å². The van der Waals surface area contributed by atoms with Crippen molar-refractivity contribution in [2.75, 3.05) is 11.5 Å². The molecular weight excluding hydrogens is 232 g/mol. The van der Waals surface area contributed by atoms with Crippen LogP contribution >= 0.6 is 0 Å². The Hall–Kier alpha value is -0.830. The van der Waals surface area contributed by atoms with Gasteiger partial charge in [0, 0.05) is 0 Å². The Morgan fingerprint density at radius 1 is 1.14 bits per heavy atom. The maximum absolute atomic E-state index is 11.3. The van der Waals surface area contributed by atoms with E-state index in [2.05, 4.69) is 5.32 Å². The average molecular weight is 240 g/mol. The van der Waals surface area contributed by atoms with E-state index in [9.17, 15) is 21.6 Å². The zero-order chi connectivity index (χ0) is 10.6. The van der Waals surface area contributed by atoms with E-state index in [1.165, 1.54) is 0 Å².